The lowest BCUT2D eigenvalue weighted by Gasteiger charge is -2.36. The van der Waals surface area contributed by atoms with Gasteiger partial charge in [0.1, 0.15) is 6.04 Å². The van der Waals surface area contributed by atoms with E-state index in [-0.39, 0.29) is 18.0 Å². The van der Waals surface area contributed by atoms with E-state index in [1.807, 2.05) is 4.90 Å². The number of carbonyl (C=O) groups excluding carboxylic acids is 1. The summed E-state index contributed by atoms with van der Waals surface area (Å²) < 4.78 is 0. The molecule has 1 heterocycles. The predicted molar refractivity (Wildman–Crippen MR) is 71.9 cm³/mol. The number of carboxylic acids is 1. The van der Waals surface area contributed by atoms with Crippen molar-refractivity contribution in [3.63, 3.8) is 0 Å². The first-order valence-electron chi connectivity index (χ1n) is 7.43. The summed E-state index contributed by atoms with van der Waals surface area (Å²) in [6.07, 6.45) is 7.12. The molecule has 2 amide bonds. The number of nitrogens with one attached hydrogen (secondary N) is 1. The van der Waals surface area contributed by atoms with Crippen LogP contribution in [0, 0.1) is 5.92 Å². The fourth-order valence-corrected chi connectivity index (χ4v) is 2.93. The third-order valence-electron chi connectivity index (χ3n) is 4.15. The molecule has 0 bridgehead atoms. The molecule has 2 N–H and O–H groups in total. The monoisotopic (exact) mass is 268 g/mol. The van der Waals surface area contributed by atoms with Crippen LogP contribution in [0.15, 0.2) is 0 Å². The van der Waals surface area contributed by atoms with Gasteiger partial charge in [-0.05, 0) is 44.4 Å². The Morgan fingerprint density at radius 2 is 2.05 bits per heavy atom. The third-order valence-corrected chi connectivity index (χ3v) is 4.15. The van der Waals surface area contributed by atoms with Crippen molar-refractivity contribution in [2.24, 2.45) is 5.92 Å². The lowest BCUT2D eigenvalue weighted by atomic mass is 9.98. The molecule has 0 spiro atoms. The molecule has 19 heavy (non-hydrogen) atoms. The maximum absolute atomic E-state index is 12.3. The van der Waals surface area contributed by atoms with Gasteiger partial charge in [-0.25, -0.2) is 9.59 Å². The average molecular weight is 268 g/mol. The maximum Gasteiger partial charge on any atom is 0.326 e. The van der Waals surface area contributed by atoms with E-state index in [9.17, 15) is 9.59 Å². The number of hydrogen-bond acceptors (Lipinski definition) is 2. The quantitative estimate of drug-likeness (QED) is 0.803. The van der Waals surface area contributed by atoms with Gasteiger partial charge in [0.05, 0.1) is 0 Å². The van der Waals surface area contributed by atoms with E-state index in [0.717, 1.165) is 45.1 Å². The minimum atomic E-state index is -0.903. The van der Waals surface area contributed by atoms with Crippen LogP contribution in [0.1, 0.15) is 51.9 Å². The summed E-state index contributed by atoms with van der Waals surface area (Å²) in [5, 5.41) is 11.9. The molecule has 108 valence electrons. The first-order chi connectivity index (χ1) is 9.13. The SMILES string of the molecule is CCCC1CCCCN1C(=O)NC(C(=O)O)C1CC1. The number of aliphatic carboxylic acids is 1. The van der Waals surface area contributed by atoms with Crippen LogP contribution in [0.25, 0.3) is 0 Å². The van der Waals surface area contributed by atoms with Gasteiger partial charge < -0.3 is 15.3 Å². The van der Waals surface area contributed by atoms with E-state index in [1.54, 1.807) is 0 Å². The Morgan fingerprint density at radius 1 is 1.32 bits per heavy atom. The van der Waals surface area contributed by atoms with Crippen LogP contribution in [0.3, 0.4) is 0 Å². The zero-order valence-corrected chi connectivity index (χ0v) is 11.6. The second kappa shape index (κ2) is 6.26. The summed E-state index contributed by atoms with van der Waals surface area (Å²) >= 11 is 0. The van der Waals surface area contributed by atoms with E-state index in [2.05, 4.69) is 12.2 Å². The van der Waals surface area contributed by atoms with Crippen LogP contribution >= 0.6 is 0 Å². The molecule has 0 aromatic heterocycles. The Kier molecular flexibility index (Phi) is 4.66. The number of piperidine rings is 1. The molecule has 0 aromatic rings. The molecule has 2 atom stereocenters. The zero-order chi connectivity index (χ0) is 13.8. The van der Waals surface area contributed by atoms with Gasteiger partial charge >= 0.3 is 12.0 Å². The number of carbonyl (C=O) groups is 2. The number of likely N-dealkylation sites (tertiary alicyclic amines) is 1. The highest BCUT2D eigenvalue weighted by atomic mass is 16.4. The Hall–Kier alpha value is -1.26. The third kappa shape index (κ3) is 3.61. The summed E-state index contributed by atoms with van der Waals surface area (Å²) in [7, 11) is 0. The fraction of sp³-hybridized carbons (Fsp3) is 0.857. The molecule has 2 aliphatic rings. The molecule has 2 fully saturated rings. The summed E-state index contributed by atoms with van der Waals surface area (Å²) in [6.45, 7) is 2.88. The molecular formula is C14H24N2O3. The highest BCUT2D eigenvalue weighted by molar-refractivity contribution is 5.83. The van der Waals surface area contributed by atoms with Crippen LogP contribution in [-0.2, 0) is 4.79 Å². The van der Waals surface area contributed by atoms with Gasteiger partial charge in [-0.2, -0.15) is 0 Å². The largest absolute Gasteiger partial charge is 0.480 e. The van der Waals surface area contributed by atoms with Crippen LogP contribution in [0.4, 0.5) is 4.79 Å². The van der Waals surface area contributed by atoms with Crippen molar-refractivity contribution < 1.29 is 14.7 Å². The summed E-state index contributed by atoms with van der Waals surface area (Å²) in [4.78, 5) is 25.3. The van der Waals surface area contributed by atoms with Crippen molar-refractivity contribution >= 4 is 12.0 Å². The maximum atomic E-state index is 12.3. The Labute approximate surface area is 114 Å². The van der Waals surface area contributed by atoms with Gasteiger partial charge in [-0.3, -0.25) is 0 Å². The molecule has 5 nitrogen and oxygen atoms in total. The second-order valence-electron chi connectivity index (χ2n) is 5.73. The zero-order valence-electron chi connectivity index (χ0n) is 11.6. The van der Waals surface area contributed by atoms with Gasteiger partial charge in [0.25, 0.3) is 0 Å². The first-order valence-corrected chi connectivity index (χ1v) is 7.43. The number of rotatable bonds is 5. The smallest absolute Gasteiger partial charge is 0.326 e. The van der Waals surface area contributed by atoms with E-state index >= 15 is 0 Å². The first kappa shape index (κ1) is 14.2. The molecule has 1 saturated heterocycles. The van der Waals surface area contributed by atoms with Crippen molar-refractivity contribution in [3.05, 3.63) is 0 Å². The van der Waals surface area contributed by atoms with Crippen molar-refractivity contribution in [1.29, 1.82) is 0 Å². The number of amides is 2. The summed E-state index contributed by atoms with van der Waals surface area (Å²) in [5.41, 5.74) is 0. The number of urea groups is 1. The number of carboxylic acid groups (broad SMARTS) is 1. The van der Waals surface area contributed by atoms with Crippen LogP contribution in [0.2, 0.25) is 0 Å². The Morgan fingerprint density at radius 3 is 2.63 bits per heavy atom. The molecule has 1 aliphatic heterocycles. The van der Waals surface area contributed by atoms with E-state index in [4.69, 9.17) is 5.11 Å². The lowest BCUT2D eigenvalue weighted by Crippen LogP contribution is -2.53. The van der Waals surface area contributed by atoms with Gasteiger partial charge in [0.15, 0.2) is 0 Å². The van der Waals surface area contributed by atoms with E-state index in [0.29, 0.717) is 0 Å². The van der Waals surface area contributed by atoms with Crippen molar-refractivity contribution in [3.8, 4) is 0 Å². The van der Waals surface area contributed by atoms with Crippen molar-refractivity contribution in [1.82, 2.24) is 10.2 Å². The molecule has 1 saturated carbocycles. The van der Waals surface area contributed by atoms with Gasteiger partial charge in [0, 0.05) is 12.6 Å². The van der Waals surface area contributed by atoms with Gasteiger partial charge in [-0.1, -0.05) is 13.3 Å². The fourth-order valence-electron chi connectivity index (χ4n) is 2.93. The van der Waals surface area contributed by atoms with E-state index in [1.165, 1.54) is 6.42 Å². The minimum Gasteiger partial charge on any atom is -0.480 e. The standard InChI is InChI=1S/C14H24N2O3/c1-2-5-11-6-3-4-9-16(11)14(19)15-12(13(17)18)10-7-8-10/h10-12H,2-9H2,1H3,(H,15,19)(H,17,18). The Bertz CT molecular complexity index is 340. The highest BCUT2D eigenvalue weighted by Gasteiger charge is 2.38. The number of hydrogen-bond donors (Lipinski definition) is 2. The number of nitrogens with zero attached hydrogens (tertiary/aromatic N) is 1. The molecule has 0 radical (unpaired) electrons. The topological polar surface area (TPSA) is 69.6 Å². The normalized spacial score (nSPS) is 24.9. The lowest BCUT2D eigenvalue weighted by molar-refractivity contribution is -0.139. The molecule has 2 unspecified atom stereocenters. The van der Waals surface area contributed by atoms with Crippen molar-refractivity contribution in [2.75, 3.05) is 6.54 Å². The van der Waals surface area contributed by atoms with Crippen LogP contribution in [0.5, 0.6) is 0 Å². The minimum absolute atomic E-state index is 0.135. The van der Waals surface area contributed by atoms with Crippen molar-refractivity contribution in [2.45, 2.75) is 64.0 Å². The van der Waals surface area contributed by atoms with Gasteiger partial charge in [0.2, 0.25) is 0 Å². The molecule has 0 aromatic carbocycles. The predicted octanol–water partition coefficient (Wildman–Crippen LogP) is 2.21. The Balaban J connectivity index is 1.94. The molecule has 1 aliphatic carbocycles. The summed E-state index contributed by atoms with van der Waals surface area (Å²) in [5.74, 6) is -0.768. The van der Waals surface area contributed by atoms with Crippen LogP contribution in [-0.4, -0.2) is 40.6 Å². The van der Waals surface area contributed by atoms with E-state index < -0.39 is 12.0 Å². The molecule has 5 heteroatoms. The second-order valence-corrected chi connectivity index (χ2v) is 5.73. The van der Waals surface area contributed by atoms with Gasteiger partial charge in [-0.15, -0.1) is 0 Å². The summed E-state index contributed by atoms with van der Waals surface area (Å²) in [6, 6.07) is -0.596. The molecular weight excluding hydrogens is 244 g/mol. The average Bonchev–Trinajstić information content (AvgIpc) is 3.20. The highest BCUT2D eigenvalue weighted by Crippen LogP contribution is 2.33. The molecule has 2 rings (SSSR count). The van der Waals surface area contributed by atoms with Crippen LogP contribution < -0.4 is 5.32 Å².